The third kappa shape index (κ3) is 2.37. The Morgan fingerprint density at radius 3 is 2.78 bits per heavy atom. The van der Waals surface area contributed by atoms with E-state index in [-0.39, 0.29) is 5.95 Å². The molecular formula is C10H12N6O2. The van der Waals surface area contributed by atoms with Crippen molar-refractivity contribution in [2.45, 2.75) is 0 Å². The highest BCUT2D eigenvalue weighted by Gasteiger charge is 2.03. The molecule has 2 N–H and O–H groups in total. The van der Waals surface area contributed by atoms with Gasteiger partial charge in [0.2, 0.25) is 0 Å². The maximum Gasteiger partial charge on any atom is 0.263 e. The Hall–Kier alpha value is -2.64. The molecule has 8 nitrogen and oxygen atoms in total. The quantitative estimate of drug-likeness (QED) is 0.773. The number of hydrogen-bond acceptors (Lipinski definition) is 7. The van der Waals surface area contributed by atoms with Crippen LogP contribution in [0.1, 0.15) is 5.56 Å². The number of benzene rings is 1. The highest BCUT2D eigenvalue weighted by molar-refractivity contribution is 5.84. The Morgan fingerprint density at radius 2 is 2.17 bits per heavy atom. The van der Waals surface area contributed by atoms with Crippen LogP contribution in [-0.4, -0.2) is 40.8 Å². The lowest BCUT2D eigenvalue weighted by atomic mass is 10.2. The lowest BCUT2D eigenvalue weighted by Gasteiger charge is -2.06. The molecule has 94 valence electrons. The van der Waals surface area contributed by atoms with Crippen LogP contribution in [-0.2, 0) is 0 Å². The van der Waals surface area contributed by atoms with E-state index in [0.29, 0.717) is 11.5 Å². The van der Waals surface area contributed by atoms with E-state index in [1.807, 2.05) is 0 Å². The average molecular weight is 248 g/mol. The van der Waals surface area contributed by atoms with Crippen molar-refractivity contribution >= 4 is 12.2 Å². The van der Waals surface area contributed by atoms with E-state index in [4.69, 9.17) is 15.2 Å². The first-order chi connectivity index (χ1) is 8.74. The van der Waals surface area contributed by atoms with Gasteiger partial charge in [0.05, 0.1) is 20.4 Å². The van der Waals surface area contributed by atoms with Gasteiger partial charge in [-0.15, -0.1) is 0 Å². The Labute approximate surface area is 103 Å². The van der Waals surface area contributed by atoms with E-state index >= 15 is 0 Å². The fourth-order valence-electron chi connectivity index (χ4n) is 1.33. The van der Waals surface area contributed by atoms with Crippen LogP contribution < -0.4 is 15.2 Å². The third-order valence-electron chi connectivity index (χ3n) is 2.22. The molecule has 0 radical (unpaired) electrons. The second kappa shape index (κ2) is 5.13. The number of nitrogens with two attached hydrogens (primary N) is 1. The molecule has 2 rings (SSSR count). The SMILES string of the molecule is COc1ccc(OC)c(C=Nn2nnnc2N)c1. The van der Waals surface area contributed by atoms with E-state index in [9.17, 15) is 0 Å². The van der Waals surface area contributed by atoms with Gasteiger partial charge in [-0.1, -0.05) is 9.89 Å². The molecule has 0 amide bonds. The zero-order valence-corrected chi connectivity index (χ0v) is 9.94. The molecule has 2 aromatic rings. The van der Waals surface area contributed by atoms with Crippen molar-refractivity contribution in [1.82, 2.24) is 20.3 Å². The number of nitrogen functional groups attached to an aromatic ring is 1. The van der Waals surface area contributed by atoms with Gasteiger partial charge in [0.25, 0.3) is 5.95 Å². The van der Waals surface area contributed by atoms with Gasteiger partial charge < -0.3 is 15.2 Å². The molecule has 0 fully saturated rings. The fraction of sp³-hybridized carbons (Fsp3) is 0.200. The van der Waals surface area contributed by atoms with Crippen molar-refractivity contribution in [3.8, 4) is 11.5 Å². The topological polar surface area (TPSA) is 100 Å². The number of rotatable bonds is 4. The first kappa shape index (κ1) is 11.8. The molecule has 0 bridgehead atoms. The van der Waals surface area contributed by atoms with Crippen LogP contribution in [0, 0.1) is 0 Å². The Balaban J connectivity index is 2.32. The lowest BCUT2D eigenvalue weighted by molar-refractivity contribution is 0.402. The summed E-state index contributed by atoms with van der Waals surface area (Å²) >= 11 is 0. The maximum atomic E-state index is 5.49. The normalized spacial score (nSPS) is 10.8. The summed E-state index contributed by atoms with van der Waals surface area (Å²) in [4.78, 5) is 1.11. The van der Waals surface area contributed by atoms with Gasteiger partial charge in [0, 0.05) is 5.56 Å². The molecule has 0 saturated heterocycles. The van der Waals surface area contributed by atoms with E-state index in [0.717, 1.165) is 10.4 Å². The lowest BCUT2D eigenvalue weighted by Crippen LogP contribution is -2.00. The molecule has 1 aromatic carbocycles. The summed E-state index contributed by atoms with van der Waals surface area (Å²) in [6.45, 7) is 0. The first-order valence-electron chi connectivity index (χ1n) is 5.05. The van der Waals surface area contributed by atoms with Crippen molar-refractivity contribution in [2.24, 2.45) is 5.10 Å². The van der Waals surface area contributed by atoms with E-state index in [1.54, 1.807) is 32.4 Å². The van der Waals surface area contributed by atoms with Gasteiger partial charge in [0.15, 0.2) is 0 Å². The van der Waals surface area contributed by atoms with Crippen LogP contribution >= 0.6 is 0 Å². The molecule has 0 unspecified atom stereocenters. The van der Waals surface area contributed by atoms with Gasteiger partial charge in [-0.25, -0.2) is 0 Å². The average Bonchev–Trinajstić information content (AvgIpc) is 2.81. The number of tetrazole rings is 1. The fourth-order valence-corrected chi connectivity index (χ4v) is 1.33. The molecule has 18 heavy (non-hydrogen) atoms. The van der Waals surface area contributed by atoms with Crippen molar-refractivity contribution in [1.29, 1.82) is 0 Å². The monoisotopic (exact) mass is 248 g/mol. The van der Waals surface area contributed by atoms with Crippen LogP contribution in [0.25, 0.3) is 0 Å². The van der Waals surface area contributed by atoms with Gasteiger partial charge >= 0.3 is 0 Å². The van der Waals surface area contributed by atoms with Crippen molar-refractivity contribution in [3.05, 3.63) is 23.8 Å². The molecule has 1 heterocycles. The summed E-state index contributed by atoms with van der Waals surface area (Å²) in [5.74, 6) is 1.46. The summed E-state index contributed by atoms with van der Waals surface area (Å²) in [5, 5.41) is 14.5. The molecule has 0 spiro atoms. The molecule has 0 atom stereocenters. The summed E-state index contributed by atoms with van der Waals surface area (Å²) in [6, 6.07) is 5.35. The predicted molar refractivity (Wildman–Crippen MR) is 64.8 cm³/mol. The van der Waals surface area contributed by atoms with E-state index < -0.39 is 0 Å². The van der Waals surface area contributed by atoms with E-state index in [1.165, 1.54) is 6.21 Å². The van der Waals surface area contributed by atoms with Crippen molar-refractivity contribution < 1.29 is 9.47 Å². The number of methoxy groups -OCH3 is 2. The minimum Gasteiger partial charge on any atom is -0.497 e. The van der Waals surface area contributed by atoms with Crippen LogP contribution in [0.2, 0.25) is 0 Å². The second-order valence-corrected chi connectivity index (χ2v) is 3.28. The summed E-state index contributed by atoms with van der Waals surface area (Å²) in [5.41, 5.74) is 6.22. The van der Waals surface area contributed by atoms with Crippen molar-refractivity contribution in [3.63, 3.8) is 0 Å². The molecular weight excluding hydrogens is 236 g/mol. The number of anilines is 1. The molecule has 0 aliphatic heterocycles. The van der Waals surface area contributed by atoms with Gasteiger partial charge in [-0.05, 0) is 28.6 Å². The number of hydrogen-bond donors (Lipinski definition) is 1. The summed E-state index contributed by atoms with van der Waals surface area (Å²) < 4.78 is 10.3. The summed E-state index contributed by atoms with van der Waals surface area (Å²) in [6.07, 6.45) is 1.54. The number of nitrogens with zero attached hydrogens (tertiary/aromatic N) is 5. The summed E-state index contributed by atoms with van der Waals surface area (Å²) in [7, 11) is 3.16. The zero-order valence-electron chi connectivity index (χ0n) is 9.94. The van der Waals surface area contributed by atoms with E-state index in [2.05, 4.69) is 20.6 Å². The zero-order chi connectivity index (χ0) is 13.0. The van der Waals surface area contributed by atoms with Gasteiger partial charge in [-0.2, -0.15) is 5.10 Å². The minimum atomic E-state index is 0.105. The van der Waals surface area contributed by atoms with Crippen LogP contribution in [0.5, 0.6) is 11.5 Å². The first-order valence-corrected chi connectivity index (χ1v) is 5.05. The molecule has 0 saturated carbocycles. The Bertz CT molecular complexity index is 565. The van der Waals surface area contributed by atoms with Crippen molar-refractivity contribution in [2.75, 3.05) is 20.0 Å². The maximum absolute atomic E-state index is 5.49. The highest BCUT2D eigenvalue weighted by Crippen LogP contribution is 2.22. The van der Waals surface area contributed by atoms with Gasteiger partial charge in [0.1, 0.15) is 11.5 Å². The van der Waals surface area contributed by atoms with Crippen LogP contribution in [0.4, 0.5) is 5.95 Å². The largest absolute Gasteiger partial charge is 0.497 e. The highest BCUT2D eigenvalue weighted by atomic mass is 16.5. The third-order valence-corrected chi connectivity index (χ3v) is 2.22. The number of ether oxygens (including phenoxy) is 2. The van der Waals surface area contributed by atoms with Crippen LogP contribution in [0.3, 0.4) is 0 Å². The molecule has 8 heteroatoms. The molecule has 1 aromatic heterocycles. The smallest absolute Gasteiger partial charge is 0.263 e. The Morgan fingerprint density at radius 1 is 1.33 bits per heavy atom. The second-order valence-electron chi connectivity index (χ2n) is 3.28. The predicted octanol–water partition coefficient (Wildman–Crippen LogP) is 0.155. The standard InChI is InChI=1S/C10H12N6O2/c1-17-8-3-4-9(18-2)7(5-8)6-12-16-10(11)13-14-15-16/h3-6H,1-2H3,(H2,11,13,15). The number of aromatic nitrogens is 4. The van der Waals surface area contributed by atoms with Gasteiger partial charge in [-0.3, -0.25) is 0 Å². The Kier molecular flexibility index (Phi) is 3.37. The van der Waals surface area contributed by atoms with Crippen LogP contribution in [0.15, 0.2) is 23.3 Å². The minimum absolute atomic E-state index is 0.105. The molecule has 0 aliphatic rings. The molecule has 0 aliphatic carbocycles.